The molecule has 1 fully saturated rings. The topological polar surface area (TPSA) is 64.6 Å². The fourth-order valence-corrected chi connectivity index (χ4v) is 2.38. The molecule has 94 valence electrons. The summed E-state index contributed by atoms with van der Waals surface area (Å²) in [4.78, 5) is 23.0. The van der Waals surface area contributed by atoms with Crippen LogP contribution in [0.15, 0.2) is 29.2 Å². The van der Waals surface area contributed by atoms with Crippen molar-refractivity contribution in [2.75, 3.05) is 14.2 Å². The molecule has 0 radical (unpaired) electrons. The van der Waals surface area contributed by atoms with E-state index in [-0.39, 0.29) is 4.91 Å². The summed E-state index contributed by atoms with van der Waals surface area (Å²) < 4.78 is 10.5. The first kappa shape index (κ1) is 12.5. The average molecular weight is 265 g/mol. The van der Waals surface area contributed by atoms with Gasteiger partial charge in [-0.2, -0.15) is 0 Å². The van der Waals surface area contributed by atoms with Crippen molar-refractivity contribution in [2.45, 2.75) is 0 Å². The maximum Gasteiger partial charge on any atom is 0.291 e. The predicted octanol–water partition coefficient (Wildman–Crippen LogP) is 1.99. The Morgan fingerprint density at radius 3 is 2.50 bits per heavy atom. The molecule has 0 bridgehead atoms. The van der Waals surface area contributed by atoms with Crippen LogP contribution in [0.5, 0.6) is 5.75 Å². The van der Waals surface area contributed by atoms with Crippen LogP contribution in [0.3, 0.4) is 0 Å². The van der Waals surface area contributed by atoms with Crippen molar-refractivity contribution in [3.63, 3.8) is 0 Å². The van der Waals surface area contributed by atoms with Crippen LogP contribution in [0.2, 0.25) is 0 Å². The zero-order valence-electron chi connectivity index (χ0n) is 9.85. The van der Waals surface area contributed by atoms with E-state index < -0.39 is 11.1 Å². The molecule has 0 spiro atoms. The lowest BCUT2D eigenvalue weighted by atomic mass is 10.1. The summed E-state index contributed by atoms with van der Waals surface area (Å²) in [5.74, 6) is 0.461. The van der Waals surface area contributed by atoms with Crippen LogP contribution in [-0.2, 0) is 9.53 Å². The van der Waals surface area contributed by atoms with Gasteiger partial charge in [0.1, 0.15) is 16.4 Å². The average Bonchev–Trinajstić information content (AvgIpc) is 2.70. The molecule has 2 rings (SSSR count). The molecule has 0 atom stereocenters. The molecule has 1 aliphatic heterocycles. The largest absolute Gasteiger partial charge is 0.496 e. The maximum absolute atomic E-state index is 11.6. The lowest BCUT2D eigenvalue weighted by molar-refractivity contribution is -0.115. The number of carbonyl (C=O) groups is 2. The lowest BCUT2D eigenvalue weighted by Crippen LogP contribution is -2.18. The number of imide groups is 1. The van der Waals surface area contributed by atoms with Gasteiger partial charge < -0.3 is 9.47 Å². The highest BCUT2D eigenvalue weighted by atomic mass is 32.2. The number of methoxy groups -OCH3 is 2. The number of hydrogen-bond donors (Lipinski definition) is 1. The second kappa shape index (κ2) is 5.14. The van der Waals surface area contributed by atoms with Crippen LogP contribution < -0.4 is 10.1 Å². The molecule has 1 N–H and O–H groups in total. The van der Waals surface area contributed by atoms with Crippen LogP contribution in [0.25, 0.3) is 5.76 Å². The molecule has 6 heteroatoms. The highest BCUT2D eigenvalue weighted by molar-refractivity contribution is 8.18. The Morgan fingerprint density at radius 1 is 1.22 bits per heavy atom. The fraction of sp³-hybridized carbons (Fsp3) is 0.167. The van der Waals surface area contributed by atoms with Gasteiger partial charge in [0.15, 0.2) is 0 Å². The van der Waals surface area contributed by atoms with Gasteiger partial charge in [0, 0.05) is 0 Å². The van der Waals surface area contributed by atoms with Crippen molar-refractivity contribution < 1.29 is 19.1 Å². The minimum Gasteiger partial charge on any atom is -0.496 e. The number of amides is 2. The summed E-state index contributed by atoms with van der Waals surface area (Å²) in [6.07, 6.45) is 0. The van der Waals surface area contributed by atoms with E-state index >= 15 is 0 Å². The van der Waals surface area contributed by atoms with Crippen molar-refractivity contribution in [2.24, 2.45) is 0 Å². The smallest absolute Gasteiger partial charge is 0.291 e. The second-order valence-electron chi connectivity index (χ2n) is 3.41. The molecule has 0 aliphatic carbocycles. The van der Waals surface area contributed by atoms with Gasteiger partial charge in [0.05, 0.1) is 19.8 Å². The molecule has 0 saturated carbocycles. The Bertz CT molecular complexity index is 539. The molecule has 18 heavy (non-hydrogen) atoms. The van der Waals surface area contributed by atoms with Gasteiger partial charge in [-0.05, 0) is 23.9 Å². The number of ether oxygens (including phenoxy) is 2. The van der Waals surface area contributed by atoms with Crippen molar-refractivity contribution >= 4 is 28.7 Å². The number of hydrogen-bond acceptors (Lipinski definition) is 5. The summed E-state index contributed by atoms with van der Waals surface area (Å²) in [5, 5.41) is 1.79. The van der Waals surface area contributed by atoms with Crippen molar-refractivity contribution in [3.05, 3.63) is 34.7 Å². The Kier molecular flexibility index (Phi) is 3.57. The quantitative estimate of drug-likeness (QED) is 0.669. The molecule has 2 amide bonds. The van der Waals surface area contributed by atoms with Crippen LogP contribution in [-0.4, -0.2) is 25.4 Å². The van der Waals surface area contributed by atoms with Crippen LogP contribution in [0, 0.1) is 0 Å². The zero-order valence-corrected chi connectivity index (χ0v) is 10.7. The Hall–Kier alpha value is -1.95. The molecule has 1 aliphatic rings. The van der Waals surface area contributed by atoms with Gasteiger partial charge in [-0.25, -0.2) is 0 Å². The lowest BCUT2D eigenvalue weighted by Gasteiger charge is -2.11. The van der Waals surface area contributed by atoms with E-state index in [1.807, 2.05) is 6.07 Å². The first-order valence-corrected chi connectivity index (χ1v) is 5.94. The minimum absolute atomic E-state index is 0.243. The maximum atomic E-state index is 11.6. The molecule has 0 unspecified atom stereocenters. The van der Waals surface area contributed by atoms with E-state index in [1.165, 1.54) is 14.2 Å². The predicted molar refractivity (Wildman–Crippen MR) is 68.1 cm³/mol. The fourth-order valence-electron chi connectivity index (χ4n) is 1.62. The third-order valence-corrected chi connectivity index (χ3v) is 3.24. The minimum atomic E-state index is -0.451. The number of thioether (sulfide) groups is 1. The van der Waals surface area contributed by atoms with Crippen molar-refractivity contribution in [1.29, 1.82) is 0 Å². The number of nitrogens with one attached hydrogen (secondary N) is 1. The number of para-hydroxylation sites is 1. The molecule has 0 aromatic heterocycles. The third kappa shape index (κ3) is 2.19. The first-order chi connectivity index (χ1) is 8.67. The third-order valence-electron chi connectivity index (χ3n) is 2.38. The van der Waals surface area contributed by atoms with Gasteiger partial charge in [-0.15, -0.1) is 0 Å². The van der Waals surface area contributed by atoms with Gasteiger partial charge >= 0.3 is 0 Å². The van der Waals surface area contributed by atoms with E-state index in [1.54, 1.807) is 18.2 Å². The monoisotopic (exact) mass is 265 g/mol. The van der Waals surface area contributed by atoms with Gasteiger partial charge in [0.25, 0.3) is 11.1 Å². The van der Waals surface area contributed by atoms with Crippen LogP contribution in [0.4, 0.5) is 4.79 Å². The second-order valence-corrected chi connectivity index (χ2v) is 4.39. The van der Waals surface area contributed by atoms with Gasteiger partial charge in [0.2, 0.25) is 0 Å². The first-order valence-electron chi connectivity index (χ1n) is 5.12. The van der Waals surface area contributed by atoms with Crippen molar-refractivity contribution in [1.82, 2.24) is 5.32 Å². The van der Waals surface area contributed by atoms with Gasteiger partial charge in [-0.1, -0.05) is 12.1 Å². The van der Waals surface area contributed by atoms with Crippen LogP contribution in [0.1, 0.15) is 5.56 Å². The number of benzene rings is 1. The summed E-state index contributed by atoms with van der Waals surface area (Å²) >= 11 is 0.820. The van der Waals surface area contributed by atoms with E-state index in [4.69, 9.17) is 9.47 Å². The zero-order chi connectivity index (χ0) is 13.1. The normalized spacial score (nSPS) is 17.4. The summed E-state index contributed by atoms with van der Waals surface area (Å²) in [7, 11) is 2.98. The molecule has 1 aromatic carbocycles. The molecule has 1 heterocycles. The standard InChI is InChI=1S/C12H11NO4S/c1-16-8-6-4-3-5-7(8)9(17-2)10-11(14)13-12(15)18-10/h3-6H,1-2H3,(H,13,14,15). The summed E-state index contributed by atoms with van der Waals surface area (Å²) in [6, 6.07) is 7.14. The van der Waals surface area contributed by atoms with Crippen molar-refractivity contribution in [3.8, 4) is 5.75 Å². The Morgan fingerprint density at radius 2 is 1.94 bits per heavy atom. The number of carbonyl (C=O) groups excluding carboxylic acids is 2. The molecule has 1 aromatic rings. The Balaban J connectivity index is 2.55. The van der Waals surface area contributed by atoms with E-state index in [0.29, 0.717) is 17.1 Å². The van der Waals surface area contributed by atoms with E-state index in [2.05, 4.69) is 5.32 Å². The molecule has 1 saturated heterocycles. The molecule has 5 nitrogen and oxygen atoms in total. The highest BCUT2D eigenvalue weighted by Crippen LogP contribution is 2.35. The van der Waals surface area contributed by atoms with E-state index in [0.717, 1.165) is 11.8 Å². The Labute approximate surface area is 108 Å². The number of rotatable bonds is 3. The van der Waals surface area contributed by atoms with E-state index in [9.17, 15) is 9.59 Å². The summed E-state index contributed by atoms with van der Waals surface area (Å²) in [5.41, 5.74) is 0.634. The van der Waals surface area contributed by atoms with Gasteiger partial charge in [-0.3, -0.25) is 14.9 Å². The summed E-state index contributed by atoms with van der Waals surface area (Å²) in [6.45, 7) is 0. The highest BCUT2D eigenvalue weighted by Gasteiger charge is 2.30. The SMILES string of the molecule is COC(=C1SC(=O)NC1=O)c1ccccc1OC. The van der Waals surface area contributed by atoms with Crippen LogP contribution >= 0.6 is 11.8 Å². The molecular weight excluding hydrogens is 254 g/mol. The molecular formula is C12H11NO4S.